The van der Waals surface area contributed by atoms with E-state index in [2.05, 4.69) is 38.2 Å². The zero-order chi connectivity index (χ0) is 12.5. The van der Waals surface area contributed by atoms with Crippen LogP contribution in [0.3, 0.4) is 0 Å². The highest BCUT2D eigenvalue weighted by Crippen LogP contribution is 2.30. The van der Waals surface area contributed by atoms with Gasteiger partial charge in [-0.1, -0.05) is 31.2 Å². The number of rotatable bonds is 8. The van der Waals surface area contributed by atoms with Crippen molar-refractivity contribution in [2.24, 2.45) is 5.92 Å². The molecule has 1 amide bonds. The largest absolute Gasteiger partial charge is 0.339 e. The number of likely N-dealkylation sites (N-methyl/N-ethyl adjacent to an activating group) is 1. The molecule has 0 aliphatic heterocycles. The van der Waals surface area contributed by atoms with Crippen molar-refractivity contribution in [1.29, 1.82) is 0 Å². The number of carbonyl (C=O) groups excluding carboxylic acids is 1. The average molecular weight is 235 g/mol. The van der Waals surface area contributed by atoms with Crippen LogP contribution in [0.1, 0.15) is 46.0 Å². The molecule has 17 heavy (non-hydrogen) atoms. The Morgan fingerprint density at radius 2 is 1.76 bits per heavy atom. The minimum atomic E-state index is 0.343. The van der Waals surface area contributed by atoms with E-state index in [9.17, 15) is 4.79 Å². The van der Waals surface area contributed by atoms with Crippen molar-refractivity contribution in [3.63, 3.8) is 0 Å². The van der Waals surface area contributed by atoms with Gasteiger partial charge in [0, 0.05) is 19.0 Å². The van der Waals surface area contributed by atoms with Crippen LogP contribution in [0.2, 0.25) is 0 Å². The fourth-order valence-electron chi connectivity index (χ4n) is 1.76. The molecule has 96 valence electrons. The highest BCUT2D eigenvalue weighted by molar-refractivity contribution is 5.81. The maximum absolute atomic E-state index is 11.8. The fraction of sp³-hybridized carbons (Fsp3) is 0.667. The molecule has 0 aromatic heterocycles. The minimum Gasteiger partial charge on any atom is -0.339 e. The van der Waals surface area contributed by atoms with E-state index in [0.29, 0.717) is 11.8 Å². The van der Waals surface area contributed by atoms with Crippen molar-refractivity contribution in [1.82, 2.24) is 4.90 Å². The lowest BCUT2D eigenvalue weighted by Gasteiger charge is -2.18. The average Bonchev–Trinajstić information content (AvgIpc) is 3.16. The second-order valence-corrected chi connectivity index (χ2v) is 4.58. The van der Waals surface area contributed by atoms with E-state index in [0.717, 1.165) is 45.2 Å². The summed E-state index contributed by atoms with van der Waals surface area (Å²) in [6.45, 7) is 5.81. The van der Waals surface area contributed by atoms with E-state index < -0.39 is 0 Å². The lowest BCUT2D eigenvalue weighted by atomic mass is 10.2. The smallest absolute Gasteiger partial charge is 0.225 e. The molecule has 0 heterocycles. The van der Waals surface area contributed by atoms with Gasteiger partial charge in [-0.25, -0.2) is 0 Å². The van der Waals surface area contributed by atoms with Gasteiger partial charge >= 0.3 is 0 Å². The summed E-state index contributed by atoms with van der Waals surface area (Å²) in [5.41, 5.74) is 0. The predicted molar refractivity (Wildman–Crippen MR) is 72.8 cm³/mol. The minimum absolute atomic E-state index is 0.343. The third-order valence-electron chi connectivity index (χ3n) is 3.01. The Hall–Kier alpha value is -1.05. The van der Waals surface area contributed by atoms with E-state index in [1.165, 1.54) is 0 Å². The molecule has 2 nitrogen and oxygen atoms in total. The molecule has 0 bridgehead atoms. The summed E-state index contributed by atoms with van der Waals surface area (Å²) in [6.07, 6.45) is 14.2. The fourth-order valence-corrected chi connectivity index (χ4v) is 1.76. The maximum Gasteiger partial charge on any atom is 0.225 e. The lowest BCUT2D eigenvalue weighted by molar-refractivity contribution is -0.131. The van der Waals surface area contributed by atoms with Gasteiger partial charge in [0.15, 0.2) is 0 Å². The first kappa shape index (κ1) is 14.0. The van der Waals surface area contributed by atoms with E-state index in [4.69, 9.17) is 0 Å². The Morgan fingerprint density at radius 3 is 2.29 bits per heavy atom. The van der Waals surface area contributed by atoms with Crippen LogP contribution in [-0.4, -0.2) is 23.9 Å². The zero-order valence-corrected chi connectivity index (χ0v) is 11.2. The van der Waals surface area contributed by atoms with Crippen LogP contribution in [0, 0.1) is 5.92 Å². The molecule has 0 saturated heterocycles. The first-order valence-electron chi connectivity index (χ1n) is 6.88. The molecule has 1 rings (SSSR count). The molecular formula is C15H25NO. The van der Waals surface area contributed by atoms with Crippen molar-refractivity contribution in [2.75, 3.05) is 13.1 Å². The third-order valence-corrected chi connectivity index (χ3v) is 3.01. The lowest BCUT2D eigenvalue weighted by Crippen LogP contribution is -2.32. The highest BCUT2D eigenvalue weighted by atomic mass is 16.2. The van der Waals surface area contributed by atoms with Crippen LogP contribution in [-0.2, 0) is 4.79 Å². The number of amides is 1. The molecule has 0 radical (unpaired) electrons. The Balaban J connectivity index is 2.15. The molecule has 2 heteroatoms. The molecule has 0 atom stereocenters. The summed E-state index contributed by atoms with van der Waals surface area (Å²) in [7, 11) is 0. The maximum atomic E-state index is 11.8. The number of nitrogens with zero attached hydrogens (tertiary/aromatic N) is 1. The monoisotopic (exact) mass is 235 g/mol. The molecule has 0 N–H and O–H groups in total. The summed E-state index contributed by atoms with van der Waals surface area (Å²) in [5.74, 6) is 0.693. The Kier molecular flexibility index (Phi) is 6.68. The highest BCUT2D eigenvalue weighted by Gasteiger charge is 2.32. The topological polar surface area (TPSA) is 20.3 Å². The van der Waals surface area contributed by atoms with Crippen LogP contribution >= 0.6 is 0 Å². The summed E-state index contributed by atoms with van der Waals surface area (Å²) in [4.78, 5) is 13.8. The molecule has 0 spiro atoms. The van der Waals surface area contributed by atoms with Crippen LogP contribution in [0.15, 0.2) is 24.3 Å². The van der Waals surface area contributed by atoms with Gasteiger partial charge in [-0.15, -0.1) is 0 Å². The molecule has 1 aliphatic rings. The number of unbranched alkanes of at least 4 members (excludes halogenated alkanes) is 1. The van der Waals surface area contributed by atoms with Crippen LogP contribution in [0.25, 0.3) is 0 Å². The van der Waals surface area contributed by atoms with Gasteiger partial charge in [0.1, 0.15) is 0 Å². The van der Waals surface area contributed by atoms with E-state index >= 15 is 0 Å². The Morgan fingerprint density at radius 1 is 1.12 bits per heavy atom. The van der Waals surface area contributed by atoms with Gasteiger partial charge in [0.25, 0.3) is 0 Å². The molecule has 1 saturated carbocycles. The molecule has 1 aliphatic carbocycles. The van der Waals surface area contributed by atoms with Crippen LogP contribution in [0.4, 0.5) is 0 Å². The Bertz CT molecular complexity index is 277. The second-order valence-electron chi connectivity index (χ2n) is 4.58. The van der Waals surface area contributed by atoms with Gasteiger partial charge in [-0.05, 0) is 39.0 Å². The predicted octanol–water partition coefficient (Wildman–Crippen LogP) is 3.55. The van der Waals surface area contributed by atoms with Crippen LogP contribution < -0.4 is 0 Å². The van der Waals surface area contributed by atoms with Crippen molar-refractivity contribution >= 4 is 5.91 Å². The van der Waals surface area contributed by atoms with Crippen LogP contribution in [0.5, 0.6) is 0 Å². The van der Waals surface area contributed by atoms with E-state index in [1.54, 1.807) is 0 Å². The molecular weight excluding hydrogens is 210 g/mol. The molecule has 1 fully saturated rings. The standard InChI is InChI=1S/C15H25NO/c1-3-5-6-7-8-9-10-13-16(4-2)15(17)14-11-12-14/h5-6,9-10,14H,3-4,7-8,11-13H2,1-2H3/b6-5-,10-9+. The van der Waals surface area contributed by atoms with Gasteiger partial charge in [0.2, 0.25) is 5.91 Å². The van der Waals surface area contributed by atoms with Crippen molar-refractivity contribution < 1.29 is 4.79 Å². The molecule has 0 aromatic carbocycles. The first-order chi connectivity index (χ1) is 8.29. The summed E-state index contributed by atoms with van der Waals surface area (Å²) in [5, 5.41) is 0. The summed E-state index contributed by atoms with van der Waals surface area (Å²) < 4.78 is 0. The number of hydrogen-bond donors (Lipinski definition) is 0. The SMILES string of the molecule is CC/C=C\CC/C=C/CN(CC)C(=O)C1CC1. The van der Waals surface area contributed by atoms with Crippen molar-refractivity contribution in [2.45, 2.75) is 46.0 Å². The van der Waals surface area contributed by atoms with Gasteiger partial charge in [0.05, 0.1) is 0 Å². The molecule has 0 unspecified atom stereocenters. The van der Waals surface area contributed by atoms with Crippen molar-refractivity contribution in [3.8, 4) is 0 Å². The van der Waals surface area contributed by atoms with Gasteiger partial charge in [-0.3, -0.25) is 4.79 Å². The first-order valence-corrected chi connectivity index (χ1v) is 6.88. The summed E-state index contributed by atoms with van der Waals surface area (Å²) in [6, 6.07) is 0. The van der Waals surface area contributed by atoms with E-state index in [-0.39, 0.29) is 0 Å². The normalized spacial score (nSPS) is 15.9. The zero-order valence-electron chi connectivity index (χ0n) is 11.2. The summed E-state index contributed by atoms with van der Waals surface area (Å²) >= 11 is 0. The van der Waals surface area contributed by atoms with Crippen molar-refractivity contribution in [3.05, 3.63) is 24.3 Å². The second kappa shape index (κ2) is 8.10. The number of hydrogen-bond acceptors (Lipinski definition) is 1. The number of allylic oxidation sites excluding steroid dienone is 3. The Labute approximate surface area is 105 Å². The van der Waals surface area contributed by atoms with E-state index in [1.807, 2.05) is 4.90 Å². The quantitative estimate of drug-likeness (QED) is 0.465. The molecule has 0 aromatic rings. The third kappa shape index (κ3) is 5.71. The van der Waals surface area contributed by atoms with Gasteiger partial charge < -0.3 is 4.90 Å². The number of carbonyl (C=O) groups is 1. The van der Waals surface area contributed by atoms with Gasteiger partial charge in [-0.2, -0.15) is 0 Å².